The van der Waals surface area contributed by atoms with E-state index in [4.69, 9.17) is 14.2 Å². The molecule has 2 atom stereocenters. The molecule has 0 saturated heterocycles. The van der Waals surface area contributed by atoms with Crippen molar-refractivity contribution in [1.82, 2.24) is 10.6 Å². The normalized spacial score (nSPS) is 13.2. The van der Waals surface area contributed by atoms with Crippen LogP contribution in [0.25, 0.3) is 22.3 Å². The molecule has 5 rings (SSSR count). The number of esters is 1. The van der Waals surface area contributed by atoms with E-state index in [1.807, 2.05) is 79.7 Å². The van der Waals surface area contributed by atoms with Crippen molar-refractivity contribution in [3.63, 3.8) is 0 Å². The molecule has 0 saturated carbocycles. The highest BCUT2D eigenvalue weighted by molar-refractivity contribution is 5.97. The summed E-state index contributed by atoms with van der Waals surface area (Å²) in [6.45, 7) is 4.92. The average molecular weight is 593 g/mol. The van der Waals surface area contributed by atoms with Crippen LogP contribution in [0.3, 0.4) is 0 Å². The second-order valence-electron chi connectivity index (χ2n) is 10.6. The fourth-order valence-corrected chi connectivity index (χ4v) is 5.48. The van der Waals surface area contributed by atoms with Crippen LogP contribution in [0.2, 0.25) is 0 Å². The van der Waals surface area contributed by atoms with E-state index in [0.717, 1.165) is 38.9 Å². The summed E-state index contributed by atoms with van der Waals surface area (Å²) in [6.07, 6.45) is -0.695. The number of hydrogen-bond donors (Lipinski definition) is 2. The van der Waals surface area contributed by atoms with Crippen LogP contribution in [0, 0.1) is 0 Å². The van der Waals surface area contributed by atoms with Gasteiger partial charge in [0.25, 0.3) is 5.91 Å². The molecular formula is C36H36N2O6. The van der Waals surface area contributed by atoms with Crippen LogP contribution in [0.5, 0.6) is 0 Å². The van der Waals surface area contributed by atoms with Gasteiger partial charge in [-0.25, -0.2) is 9.59 Å². The number of fused-ring (bicyclic) bond motifs is 3. The van der Waals surface area contributed by atoms with Gasteiger partial charge in [0.15, 0.2) is 0 Å². The Kier molecular flexibility index (Phi) is 9.72. The van der Waals surface area contributed by atoms with Crippen LogP contribution >= 0.6 is 0 Å². The number of methoxy groups -OCH3 is 1. The molecule has 0 spiro atoms. The molecule has 0 bridgehead atoms. The van der Waals surface area contributed by atoms with E-state index < -0.39 is 30.1 Å². The predicted octanol–water partition coefficient (Wildman–Crippen LogP) is 6.09. The lowest BCUT2D eigenvalue weighted by molar-refractivity contribution is -0.143. The number of amides is 2. The van der Waals surface area contributed by atoms with Gasteiger partial charge in [-0.15, -0.1) is 0 Å². The van der Waals surface area contributed by atoms with E-state index >= 15 is 0 Å². The number of hydrogen-bond acceptors (Lipinski definition) is 6. The molecule has 0 aromatic heterocycles. The van der Waals surface area contributed by atoms with Crippen molar-refractivity contribution in [3.8, 4) is 22.3 Å². The minimum Gasteiger partial charge on any atom is -0.467 e. The number of rotatable bonds is 11. The third-order valence-corrected chi connectivity index (χ3v) is 7.84. The molecule has 1 aliphatic rings. The van der Waals surface area contributed by atoms with Crippen molar-refractivity contribution in [2.24, 2.45) is 0 Å². The number of carbonyl (C=O) groups is 3. The largest absolute Gasteiger partial charge is 0.467 e. The summed E-state index contributed by atoms with van der Waals surface area (Å²) >= 11 is 0. The molecule has 4 aromatic carbocycles. The summed E-state index contributed by atoms with van der Waals surface area (Å²) in [7, 11) is 1.23. The van der Waals surface area contributed by atoms with Gasteiger partial charge >= 0.3 is 12.1 Å². The van der Waals surface area contributed by atoms with E-state index in [-0.39, 0.29) is 12.5 Å². The highest BCUT2D eigenvalue weighted by atomic mass is 16.5. The van der Waals surface area contributed by atoms with Crippen molar-refractivity contribution >= 4 is 18.0 Å². The SMILES string of the molecule is CCOCc1ccc(-c2ccc(C(=O)N[C@H](C(=O)OC)[C@@H](C)NC(=O)OCC3c4ccccc4-c4ccccc43)cc2)cc1. The van der Waals surface area contributed by atoms with Crippen molar-refractivity contribution in [2.45, 2.75) is 38.5 Å². The number of ether oxygens (including phenoxy) is 3. The van der Waals surface area contributed by atoms with Gasteiger partial charge in [-0.1, -0.05) is 84.9 Å². The number of nitrogens with one attached hydrogen (secondary N) is 2. The smallest absolute Gasteiger partial charge is 0.407 e. The van der Waals surface area contributed by atoms with Crippen molar-refractivity contribution in [2.75, 3.05) is 20.3 Å². The van der Waals surface area contributed by atoms with Gasteiger partial charge < -0.3 is 24.8 Å². The quantitative estimate of drug-likeness (QED) is 0.205. The first-order valence-electron chi connectivity index (χ1n) is 14.7. The minimum atomic E-state index is -1.13. The van der Waals surface area contributed by atoms with E-state index in [1.165, 1.54) is 7.11 Å². The second kappa shape index (κ2) is 14.0. The van der Waals surface area contributed by atoms with Crippen LogP contribution in [0.15, 0.2) is 97.1 Å². The maximum atomic E-state index is 13.1. The Labute approximate surface area is 257 Å². The molecule has 4 aromatic rings. The average Bonchev–Trinajstić information content (AvgIpc) is 3.38. The van der Waals surface area contributed by atoms with Crippen LogP contribution in [0.1, 0.15) is 46.8 Å². The summed E-state index contributed by atoms with van der Waals surface area (Å²) in [5.74, 6) is -1.26. The Morgan fingerprint density at radius 1 is 0.773 bits per heavy atom. The molecule has 2 amide bonds. The molecule has 8 heteroatoms. The Morgan fingerprint density at radius 2 is 1.34 bits per heavy atom. The first-order chi connectivity index (χ1) is 21.4. The van der Waals surface area contributed by atoms with E-state index in [2.05, 4.69) is 22.8 Å². The molecule has 0 radical (unpaired) electrons. The van der Waals surface area contributed by atoms with Crippen LogP contribution in [-0.2, 0) is 25.6 Å². The first kappa shape index (κ1) is 30.5. The molecule has 0 aliphatic heterocycles. The van der Waals surface area contributed by atoms with E-state index in [1.54, 1.807) is 19.1 Å². The second-order valence-corrected chi connectivity index (χ2v) is 10.6. The Morgan fingerprint density at radius 3 is 1.91 bits per heavy atom. The fourth-order valence-electron chi connectivity index (χ4n) is 5.48. The standard InChI is InChI=1S/C36H36N2O6/c1-4-43-21-24-13-15-25(16-14-24)26-17-19-27(20-18-26)34(39)38-33(35(40)42-3)23(2)37-36(41)44-22-32-30-11-7-5-9-28(30)29-10-6-8-12-31(29)32/h5-20,23,32-33H,4,21-22H2,1-3H3,(H,37,41)(H,38,39)/t23-,33+/m1/s1. The Hall–Kier alpha value is -4.95. The van der Waals surface area contributed by atoms with Gasteiger partial charge in [0.2, 0.25) is 0 Å². The summed E-state index contributed by atoms with van der Waals surface area (Å²) in [6, 6.07) is 29.3. The van der Waals surface area contributed by atoms with Crippen molar-refractivity contribution < 1.29 is 28.6 Å². The highest BCUT2D eigenvalue weighted by Crippen LogP contribution is 2.44. The molecule has 0 heterocycles. The molecule has 44 heavy (non-hydrogen) atoms. The van der Waals surface area contributed by atoms with Gasteiger partial charge in [-0.3, -0.25) is 4.79 Å². The maximum Gasteiger partial charge on any atom is 0.407 e. The maximum absolute atomic E-state index is 13.1. The zero-order chi connectivity index (χ0) is 31.1. The molecular weight excluding hydrogens is 556 g/mol. The highest BCUT2D eigenvalue weighted by Gasteiger charge is 2.32. The Balaban J connectivity index is 1.19. The first-order valence-corrected chi connectivity index (χ1v) is 14.7. The van der Waals surface area contributed by atoms with E-state index in [9.17, 15) is 14.4 Å². The fraction of sp³-hybridized carbons (Fsp3) is 0.250. The molecule has 226 valence electrons. The topological polar surface area (TPSA) is 103 Å². The van der Waals surface area contributed by atoms with Gasteiger partial charge in [0.1, 0.15) is 12.6 Å². The third-order valence-electron chi connectivity index (χ3n) is 7.84. The molecule has 0 fully saturated rings. The number of benzene rings is 4. The number of carbonyl (C=O) groups excluding carboxylic acids is 3. The minimum absolute atomic E-state index is 0.101. The summed E-state index contributed by atoms with van der Waals surface area (Å²) in [5, 5.41) is 5.39. The van der Waals surface area contributed by atoms with Gasteiger partial charge in [0, 0.05) is 18.1 Å². The zero-order valence-electron chi connectivity index (χ0n) is 25.0. The molecule has 1 aliphatic carbocycles. The lowest BCUT2D eigenvalue weighted by Crippen LogP contribution is -2.54. The van der Waals surface area contributed by atoms with Crippen LogP contribution in [0.4, 0.5) is 4.79 Å². The lowest BCUT2D eigenvalue weighted by Gasteiger charge is -2.24. The summed E-state index contributed by atoms with van der Waals surface area (Å²) in [4.78, 5) is 38.6. The third kappa shape index (κ3) is 6.82. The van der Waals surface area contributed by atoms with Gasteiger partial charge in [-0.2, -0.15) is 0 Å². The lowest BCUT2D eigenvalue weighted by atomic mass is 9.98. The van der Waals surface area contributed by atoms with Crippen molar-refractivity contribution in [1.29, 1.82) is 0 Å². The van der Waals surface area contributed by atoms with Crippen LogP contribution in [-0.4, -0.2) is 50.4 Å². The summed E-state index contributed by atoms with van der Waals surface area (Å²) < 4.78 is 16.0. The predicted molar refractivity (Wildman–Crippen MR) is 168 cm³/mol. The van der Waals surface area contributed by atoms with Gasteiger partial charge in [0.05, 0.1) is 19.8 Å². The van der Waals surface area contributed by atoms with Crippen LogP contribution < -0.4 is 10.6 Å². The monoisotopic (exact) mass is 592 g/mol. The molecule has 2 N–H and O–H groups in total. The molecule has 8 nitrogen and oxygen atoms in total. The van der Waals surface area contributed by atoms with Gasteiger partial charge in [-0.05, 0) is 64.9 Å². The molecule has 0 unspecified atom stereocenters. The Bertz CT molecular complexity index is 1570. The van der Waals surface area contributed by atoms with E-state index in [0.29, 0.717) is 18.8 Å². The number of alkyl carbamates (subject to hydrolysis) is 1. The van der Waals surface area contributed by atoms with Crippen molar-refractivity contribution in [3.05, 3.63) is 119 Å². The zero-order valence-corrected chi connectivity index (χ0v) is 25.0. The summed E-state index contributed by atoms with van der Waals surface area (Å²) in [5.41, 5.74) is 7.84.